The van der Waals surface area contributed by atoms with E-state index in [-0.39, 0.29) is 23.9 Å². The van der Waals surface area contributed by atoms with Gasteiger partial charge < -0.3 is 22.6 Å². The Morgan fingerprint density at radius 2 is 0.966 bits per heavy atom. The maximum atomic E-state index is 10.6. The highest BCUT2D eigenvalue weighted by Crippen LogP contribution is 2.59. The monoisotopic (exact) mass is 420 g/mol. The van der Waals surface area contributed by atoms with Crippen LogP contribution in [-0.2, 0) is 6.16 Å². The molecule has 146 valence electrons. The van der Waals surface area contributed by atoms with Gasteiger partial charge in [0.15, 0.2) is 0 Å². The number of rotatable bonds is 5. The van der Waals surface area contributed by atoms with Gasteiger partial charge in [-0.2, -0.15) is 0 Å². The SMILES string of the molecule is Oc1ccc(C[P+](c2ccccc2)(c2ccccc2)c2ccccc2)c(O)c1.[Cl-]. The molecule has 0 radical (unpaired) electrons. The Morgan fingerprint density at radius 3 is 1.34 bits per heavy atom. The second kappa shape index (κ2) is 9.13. The van der Waals surface area contributed by atoms with E-state index in [1.165, 1.54) is 22.0 Å². The number of phenols is 2. The van der Waals surface area contributed by atoms with Gasteiger partial charge in [-0.15, -0.1) is 0 Å². The first-order chi connectivity index (χ1) is 13.7. The van der Waals surface area contributed by atoms with Crippen LogP contribution in [0.15, 0.2) is 109 Å². The standard InChI is InChI=1S/C25H21O2P.ClH/c26-21-17-16-20(25(27)18-21)19-28(22-10-4-1-5-11-22,23-12-6-2-7-13-23)24-14-8-3-9-15-24;/h1-18H,19H2,(H-,26,27);1H. The predicted molar refractivity (Wildman–Crippen MR) is 119 cm³/mol. The van der Waals surface area contributed by atoms with Gasteiger partial charge in [0, 0.05) is 11.6 Å². The Hall–Kier alpha value is -2.80. The first-order valence-electron chi connectivity index (χ1n) is 9.26. The third kappa shape index (κ3) is 4.15. The Morgan fingerprint density at radius 1 is 0.552 bits per heavy atom. The summed E-state index contributed by atoms with van der Waals surface area (Å²) in [5.74, 6) is 0.205. The van der Waals surface area contributed by atoms with E-state index in [1.54, 1.807) is 6.07 Å². The molecular formula is C25H22ClO2P. The van der Waals surface area contributed by atoms with Gasteiger partial charge in [0.1, 0.15) is 40.8 Å². The molecule has 0 aliphatic carbocycles. The van der Waals surface area contributed by atoms with Crippen molar-refractivity contribution in [2.45, 2.75) is 6.16 Å². The molecule has 0 bridgehead atoms. The first-order valence-corrected chi connectivity index (χ1v) is 11.2. The van der Waals surface area contributed by atoms with Crippen LogP contribution in [0.2, 0.25) is 0 Å². The summed E-state index contributed by atoms with van der Waals surface area (Å²) in [5, 5.41) is 24.1. The number of phenolic OH excluding ortho intramolecular Hbond substituents is 2. The van der Waals surface area contributed by atoms with Crippen LogP contribution in [0.25, 0.3) is 0 Å². The highest BCUT2D eigenvalue weighted by atomic mass is 35.5. The molecule has 0 amide bonds. The lowest BCUT2D eigenvalue weighted by atomic mass is 10.2. The van der Waals surface area contributed by atoms with E-state index in [9.17, 15) is 10.2 Å². The topological polar surface area (TPSA) is 40.5 Å². The van der Waals surface area contributed by atoms with Crippen LogP contribution in [0, 0.1) is 0 Å². The van der Waals surface area contributed by atoms with Crippen LogP contribution >= 0.6 is 7.26 Å². The quantitative estimate of drug-likeness (QED) is 0.481. The highest BCUT2D eigenvalue weighted by Gasteiger charge is 2.45. The van der Waals surface area contributed by atoms with Crippen molar-refractivity contribution in [1.29, 1.82) is 0 Å². The third-order valence-electron chi connectivity index (χ3n) is 5.07. The van der Waals surface area contributed by atoms with Crippen LogP contribution in [-0.4, -0.2) is 10.2 Å². The number of hydrogen-bond acceptors (Lipinski definition) is 2. The Labute approximate surface area is 178 Å². The lowest BCUT2D eigenvalue weighted by molar-refractivity contribution is -0.00000754. The molecule has 0 saturated carbocycles. The zero-order valence-electron chi connectivity index (χ0n) is 15.8. The van der Waals surface area contributed by atoms with E-state index in [0.29, 0.717) is 6.16 Å². The van der Waals surface area contributed by atoms with Crippen LogP contribution in [0.1, 0.15) is 5.56 Å². The molecule has 29 heavy (non-hydrogen) atoms. The summed E-state index contributed by atoms with van der Waals surface area (Å²) in [4.78, 5) is 0. The van der Waals surface area contributed by atoms with Gasteiger partial charge in [-0.05, 0) is 48.5 Å². The highest BCUT2D eigenvalue weighted by molar-refractivity contribution is 7.95. The Kier molecular flexibility index (Phi) is 6.59. The van der Waals surface area contributed by atoms with Crippen molar-refractivity contribution < 1.29 is 22.6 Å². The number of hydrogen-bond donors (Lipinski definition) is 2. The summed E-state index contributed by atoms with van der Waals surface area (Å²) >= 11 is 0. The Balaban J connectivity index is 0.00000240. The molecule has 2 nitrogen and oxygen atoms in total. The summed E-state index contributed by atoms with van der Waals surface area (Å²) < 4.78 is 0. The van der Waals surface area contributed by atoms with E-state index in [2.05, 4.69) is 72.8 Å². The second-order valence-electron chi connectivity index (χ2n) is 6.79. The molecular weight excluding hydrogens is 399 g/mol. The van der Waals surface area contributed by atoms with E-state index in [4.69, 9.17) is 0 Å². The van der Waals surface area contributed by atoms with E-state index in [0.717, 1.165) is 5.56 Å². The van der Waals surface area contributed by atoms with Gasteiger partial charge in [-0.1, -0.05) is 54.6 Å². The second-order valence-corrected chi connectivity index (χ2v) is 10.3. The molecule has 0 aromatic heterocycles. The van der Waals surface area contributed by atoms with Crippen molar-refractivity contribution in [3.63, 3.8) is 0 Å². The molecule has 0 spiro atoms. The fourth-order valence-corrected chi connectivity index (χ4v) is 7.97. The predicted octanol–water partition coefficient (Wildman–Crippen LogP) is 1.60. The fourth-order valence-electron chi connectivity index (χ4n) is 3.71. The average Bonchev–Trinajstić information content (AvgIpc) is 2.75. The molecule has 4 aromatic rings. The zero-order chi connectivity index (χ0) is 19.4. The molecule has 4 rings (SSSR count). The van der Waals surface area contributed by atoms with Crippen molar-refractivity contribution in [3.8, 4) is 11.5 Å². The van der Waals surface area contributed by atoms with Crippen LogP contribution in [0.5, 0.6) is 11.5 Å². The number of halogens is 1. The summed E-state index contributed by atoms with van der Waals surface area (Å²) in [6, 6.07) is 36.6. The normalized spacial score (nSPS) is 10.9. The van der Waals surface area contributed by atoms with Crippen LogP contribution in [0.4, 0.5) is 0 Å². The first kappa shape index (κ1) is 20.9. The number of aromatic hydroxyl groups is 2. The maximum Gasteiger partial charge on any atom is 0.126 e. The Bertz CT molecular complexity index is 957. The molecule has 0 heterocycles. The molecule has 0 atom stereocenters. The molecule has 2 N–H and O–H groups in total. The maximum absolute atomic E-state index is 10.6. The van der Waals surface area contributed by atoms with E-state index >= 15 is 0 Å². The number of benzene rings is 4. The summed E-state index contributed by atoms with van der Waals surface area (Å²) in [6.45, 7) is 0. The van der Waals surface area contributed by atoms with Crippen LogP contribution < -0.4 is 28.3 Å². The molecule has 0 aliphatic heterocycles. The molecule has 0 saturated heterocycles. The lowest BCUT2D eigenvalue weighted by Gasteiger charge is -2.28. The molecule has 4 heteroatoms. The molecule has 0 aliphatic rings. The summed E-state index contributed by atoms with van der Waals surface area (Å²) in [5.41, 5.74) is 0.836. The van der Waals surface area contributed by atoms with Gasteiger partial charge in [-0.25, -0.2) is 0 Å². The smallest absolute Gasteiger partial charge is 0.126 e. The van der Waals surface area contributed by atoms with E-state index < -0.39 is 7.26 Å². The van der Waals surface area contributed by atoms with Crippen molar-refractivity contribution in [2.75, 3.05) is 0 Å². The van der Waals surface area contributed by atoms with Gasteiger partial charge >= 0.3 is 0 Å². The molecule has 0 fully saturated rings. The fraction of sp³-hybridized carbons (Fsp3) is 0.0400. The summed E-state index contributed by atoms with van der Waals surface area (Å²) in [6.07, 6.45) is 0.678. The zero-order valence-corrected chi connectivity index (χ0v) is 17.5. The minimum Gasteiger partial charge on any atom is -1.00 e. The van der Waals surface area contributed by atoms with E-state index in [1.807, 2.05) is 24.3 Å². The average molecular weight is 421 g/mol. The minimum absolute atomic E-state index is 0. The van der Waals surface area contributed by atoms with Gasteiger partial charge in [0.25, 0.3) is 0 Å². The van der Waals surface area contributed by atoms with Gasteiger partial charge in [0.05, 0.1) is 0 Å². The van der Waals surface area contributed by atoms with Crippen molar-refractivity contribution in [2.24, 2.45) is 0 Å². The lowest BCUT2D eigenvalue weighted by Crippen LogP contribution is -3.00. The van der Waals surface area contributed by atoms with Crippen molar-refractivity contribution in [1.82, 2.24) is 0 Å². The van der Waals surface area contributed by atoms with Gasteiger partial charge in [-0.3, -0.25) is 0 Å². The summed E-state index contributed by atoms with van der Waals surface area (Å²) in [7, 11) is -2.06. The largest absolute Gasteiger partial charge is 1.00 e. The third-order valence-corrected chi connectivity index (χ3v) is 9.42. The van der Waals surface area contributed by atoms with Crippen LogP contribution in [0.3, 0.4) is 0 Å². The van der Waals surface area contributed by atoms with Gasteiger partial charge in [0.2, 0.25) is 0 Å². The minimum atomic E-state index is -2.06. The van der Waals surface area contributed by atoms with Crippen molar-refractivity contribution in [3.05, 3.63) is 115 Å². The molecule has 0 unspecified atom stereocenters. The van der Waals surface area contributed by atoms with Crippen molar-refractivity contribution >= 4 is 23.2 Å². The molecule has 4 aromatic carbocycles.